The molecule has 0 heterocycles. The quantitative estimate of drug-likeness (QED) is 0.305. The van der Waals surface area contributed by atoms with Crippen LogP contribution in [-0.2, 0) is 10.1 Å². The number of hydrogen-bond donors (Lipinski definition) is 1. The van der Waals surface area contributed by atoms with E-state index in [1.54, 1.807) is 0 Å². The second-order valence-corrected chi connectivity index (χ2v) is 7.24. The fraction of sp³-hybridized carbons (Fsp3) is 1.00. The summed E-state index contributed by atoms with van der Waals surface area (Å²) in [6, 6.07) is 0. The Labute approximate surface area is 153 Å². The monoisotopic (exact) mass is 330 g/mol. The van der Waals surface area contributed by atoms with Crippen LogP contribution >= 0.6 is 0 Å². The second-order valence-electron chi connectivity index (χ2n) is 5.65. The van der Waals surface area contributed by atoms with Crippen LogP contribution in [0.25, 0.3) is 0 Å². The molecule has 0 rings (SSSR count). The molecule has 0 amide bonds. The Kier molecular flexibility index (Phi) is 16.6. The van der Waals surface area contributed by atoms with Gasteiger partial charge in [0.2, 0.25) is 0 Å². The molecule has 2 atom stereocenters. The van der Waals surface area contributed by atoms with E-state index >= 15 is 0 Å². The van der Waals surface area contributed by atoms with Crippen LogP contribution in [0, 0.1) is 0 Å². The van der Waals surface area contributed by atoms with Gasteiger partial charge < -0.3 is 9.66 Å². The predicted molar refractivity (Wildman–Crippen MR) is 81.6 cm³/mol. The third kappa shape index (κ3) is 13.0. The molecule has 0 saturated heterocycles. The number of unbranched alkanes of at least 4 members (excludes halogenated alkanes) is 7. The smallest absolute Gasteiger partial charge is 0.748 e. The van der Waals surface area contributed by atoms with Gasteiger partial charge >= 0.3 is 29.6 Å². The molecule has 6 heteroatoms. The minimum atomic E-state index is -4.39. The van der Waals surface area contributed by atoms with Gasteiger partial charge in [-0.3, -0.25) is 0 Å². The molecule has 0 aromatic heterocycles. The molecule has 0 aromatic carbocycles. The van der Waals surface area contributed by atoms with Gasteiger partial charge in [0.15, 0.2) is 0 Å². The van der Waals surface area contributed by atoms with Crippen molar-refractivity contribution < 1.29 is 47.6 Å². The van der Waals surface area contributed by atoms with Gasteiger partial charge in [0.1, 0.15) is 10.1 Å². The maximum Gasteiger partial charge on any atom is 1.00 e. The topological polar surface area (TPSA) is 77.4 Å². The van der Waals surface area contributed by atoms with Gasteiger partial charge in [-0.1, -0.05) is 71.6 Å². The van der Waals surface area contributed by atoms with Crippen LogP contribution in [0.15, 0.2) is 0 Å². The van der Waals surface area contributed by atoms with Crippen LogP contribution in [-0.4, -0.2) is 29.4 Å². The molecule has 122 valence electrons. The van der Waals surface area contributed by atoms with E-state index in [9.17, 15) is 18.1 Å². The van der Waals surface area contributed by atoms with E-state index in [0.29, 0.717) is 25.7 Å². The summed E-state index contributed by atoms with van der Waals surface area (Å²) >= 11 is 0. The van der Waals surface area contributed by atoms with Gasteiger partial charge in [0.05, 0.1) is 11.4 Å². The molecular weight excluding hydrogens is 299 g/mol. The minimum absolute atomic E-state index is 0. The molecule has 2 unspecified atom stereocenters. The van der Waals surface area contributed by atoms with Crippen molar-refractivity contribution in [3.63, 3.8) is 0 Å². The summed E-state index contributed by atoms with van der Waals surface area (Å²) in [5.74, 6) is 0. The number of aliphatic hydroxyl groups is 1. The SMILES string of the molecule is CCCCCCCCCCC(C(O)CCC)S(=O)(=O)[O-].[Na+]. The molecule has 0 saturated carbocycles. The summed E-state index contributed by atoms with van der Waals surface area (Å²) in [7, 11) is -4.39. The zero-order valence-electron chi connectivity index (χ0n) is 14.0. The van der Waals surface area contributed by atoms with Crippen molar-refractivity contribution in [2.24, 2.45) is 0 Å². The van der Waals surface area contributed by atoms with Crippen LogP contribution in [0.3, 0.4) is 0 Å². The molecule has 0 fully saturated rings. The first-order valence-corrected chi connectivity index (χ1v) is 9.53. The van der Waals surface area contributed by atoms with Gasteiger partial charge in [0.25, 0.3) is 0 Å². The summed E-state index contributed by atoms with van der Waals surface area (Å²) < 4.78 is 33.5. The van der Waals surface area contributed by atoms with Crippen LogP contribution in [0.1, 0.15) is 84.5 Å². The normalized spacial score (nSPS) is 14.5. The fourth-order valence-corrected chi connectivity index (χ4v) is 3.47. The first kappa shape index (κ1) is 24.1. The standard InChI is InChI=1S/C15H32O4S.Na/c1-3-5-6-7-8-9-10-11-13-15(20(17,18)19)14(16)12-4-2;/h14-16H,3-13H2,1-2H3,(H,17,18,19);/q;+1/p-1. The summed E-state index contributed by atoms with van der Waals surface area (Å²) in [6.45, 7) is 4.05. The number of rotatable bonds is 13. The molecule has 4 nitrogen and oxygen atoms in total. The maximum absolute atomic E-state index is 11.2. The van der Waals surface area contributed by atoms with Crippen molar-refractivity contribution in [2.45, 2.75) is 95.8 Å². The predicted octanol–water partition coefficient (Wildman–Crippen LogP) is 0.596. The van der Waals surface area contributed by atoms with Crippen LogP contribution < -0.4 is 29.6 Å². The van der Waals surface area contributed by atoms with Crippen LogP contribution in [0.4, 0.5) is 0 Å². The first-order chi connectivity index (χ1) is 9.43. The van der Waals surface area contributed by atoms with Crippen LogP contribution in [0.5, 0.6) is 0 Å². The summed E-state index contributed by atoms with van der Waals surface area (Å²) in [4.78, 5) is 0. The van der Waals surface area contributed by atoms with E-state index in [4.69, 9.17) is 0 Å². The van der Waals surface area contributed by atoms with Gasteiger partial charge in [-0.15, -0.1) is 0 Å². The Morgan fingerprint density at radius 1 is 0.857 bits per heavy atom. The molecule has 0 aliphatic carbocycles. The Morgan fingerprint density at radius 3 is 1.76 bits per heavy atom. The fourth-order valence-electron chi connectivity index (χ4n) is 2.49. The number of aliphatic hydroxyl groups excluding tert-OH is 1. The molecule has 0 aliphatic rings. The molecular formula is C15H31NaO4S. The average molecular weight is 330 g/mol. The number of hydrogen-bond acceptors (Lipinski definition) is 4. The van der Waals surface area contributed by atoms with Crippen molar-refractivity contribution in [3.8, 4) is 0 Å². The largest absolute Gasteiger partial charge is 1.00 e. The zero-order chi connectivity index (χ0) is 15.4. The van der Waals surface area contributed by atoms with E-state index in [1.807, 2.05) is 6.92 Å². The van der Waals surface area contributed by atoms with Crippen molar-refractivity contribution in [1.29, 1.82) is 0 Å². The van der Waals surface area contributed by atoms with E-state index in [1.165, 1.54) is 32.1 Å². The van der Waals surface area contributed by atoms with E-state index in [0.717, 1.165) is 12.8 Å². The van der Waals surface area contributed by atoms with E-state index < -0.39 is 21.5 Å². The van der Waals surface area contributed by atoms with Crippen molar-refractivity contribution in [3.05, 3.63) is 0 Å². The molecule has 1 N–H and O–H groups in total. The van der Waals surface area contributed by atoms with Gasteiger partial charge in [-0.2, -0.15) is 0 Å². The minimum Gasteiger partial charge on any atom is -0.748 e. The van der Waals surface area contributed by atoms with Gasteiger partial charge in [0, 0.05) is 0 Å². The van der Waals surface area contributed by atoms with Crippen molar-refractivity contribution >= 4 is 10.1 Å². The summed E-state index contributed by atoms with van der Waals surface area (Å²) in [6.07, 6.45) is 9.27. The zero-order valence-corrected chi connectivity index (χ0v) is 16.8. The molecule has 0 spiro atoms. The third-order valence-electron chi connectivity index (χ3n) is 3.73. The van der Waals surface area contributed by atoms with Crippen molar-refractivity contribution in [2.75, 3.05) is 0 Å². The molecule has 0 aromatic rings. The average Bonchev–Trinajstić information content (AvgIpc) is 2.35. The van der Waals surface area contributed by atoms with Crippen molar-refractivity contribution in [1.82, 2.24) is 0 Å². The van der Waals surface area contributed by atoms with E-state index in [2.05, 4.69) is 6.92 Å². The third-order valence-corrected chi connectivity index (χ3v) is 5.02. The molecule has 0 aliphatic heterocycles. The maximum atomic E-state index is 11.2. The second kappa shape index (κ2) is 14.5. The first-order valence-electron chi connectivity index (χ1n) is 8.06. The Balaban J connectivity index is 0. The summed E-state index contributed by atoms with van der Waals surface area (Å²) in [5, 5.41) is 8.64. The molecule has 0 radical (unpaired) electrons. The van der Waals surface area contributed by atoms with Gasteiger partial charge in [-0.25, -0.2) is 8.42 Å². The molecule has 21 heavy (non-hydrogen) atoms. The Bertz CT molecular complexity index is 320. The Hall–Kier alpha value is 0.870. The Morgan fingerprint density at radius 2 is 1.33 bits per heavy atom. The molecule has 0 bridgehead atoms. The van der Waals surface area contributed by atoms with E-state index in [-0.39, 0.29) is 29.6 Å². The van der Waals surface area contributed by atoms with Gasteiger partial charge in [-0.05, 0) is 12.8 Å². The van der Waals surface area contributed by atoms with Crippen LogP contribution in [0.2, 0.25) is 0 Å². The summed E-state index contributed by atoms with van der Waals surface area (Å²) in [5.41, 5.74) is 0.